The Bertz CT molecular complexity index is 142. The van der Waals surface area contributed by atoms with E-state index in [1.807, 2.05) is 21.6 Å². The van der Waals surface area contributed by atoms with Gasteiger partial charge in [0, 0.05) is 10.5 Å². The minimum Gasteiger partial charge on any atom is -0.0934 e. The zero-order valence-corrected chi connectivity index (χ0v) is 14.1. The Hall–Kier alpha value is 1.57. The van der Waals surface area contributed by atoms with Gasteiger partial charge in [0.25, 0.3) is 0 Å². The van der Waals surface area contributed by atoms with Crippen LogP contribution in [0.5, 0.6) is 0 Å². The molecule has 0 nitrogen and oxygen atoms in total. The number of hydrogen-bond acceptors (Lipinski definition) is 2. The van der Waals surface area contributed by atoms with Crippen LogP contribution in [-0.4, -0.2) is 14.3 Å². The molecule has 0 aliphatic carbocycles. The zero-order valence-electron chi connectivity index (χ0n) is 10.2. The molecule has 15 heavy (non-hydrogen) atoms. The van der Waals surface area contributed by atoms with Crippen molar-refractivity contribution >= 4 is 56.4 Å². The Morgan fingerprint density at radius 3 is 1.53 bits per heavy atom. The maximum Gasteiger partial charge on any atom is 0.187 e. The first kappa shape index (κ1) is 18.9. The average Bonchev–Trinajstić information content (AvgIpc) is 1.77. The van der Waals surface area contributed by atoms with Gasteiger partial charge in [0.15, 0.2) is 3.79 Å². The van der Waals surface area contributed by atoms with E-state index in [2.05, 4.69) is 34.6 Å². The maximum absolute atomic E-state index is 5.06. The molecule has 0 unspecified atom stereocenters. The molecular weight excluding hydrogens is 291 g/mol. The van der Waals surface area contributed by atoms with Crippen molar-refractivity contribution in [2.75, 3.05) is 5.75 Å². The Labute approximate surface area is 118 Å². The lowest BCUT2D eigenvalue weighted by atomic mass is 10.3. The van der Waals surface area contributed by atoms with E-state index in [1.54, 1.807) is 0 Å². The first-order chi connectivity index (χ1) is 6.42. The van der Waals surface area contributed by atoms with Gasteiger partial charge in [0.2, 0.25) is 0 Å². The molecule has 0 aromatic carbocycles. The number of halogens is 3. The zero-order chi connectivity index (χ0) is 12.7. The minimum atomic E-state index is -1.08. The maximum atomic E-state index is 5.06. The van der Waals surface area contributed by atoms with E-state index in [-0.39, 0.29) is 0 Å². The Morgan fingerprint density at radius 2 is 1.33 bits per heavy atom. The van der Waals surface area contributed by atoms with Crippen molar-refractivity contribution in [3.8, 4) is 0 Å². The summed E-state index contributed by atoms with van der Waals surface area (Å²) in [6, 6.07) is 0. The van der Waals surface area contributed by atoms with Crippen molar-refractivity contribution in [2.45, 2.75) is 50.1 Å². The fourth-order valence-electron chi connectivity index (χ4n) is 0.347. The molecule has 5 heteroatoms. The fourth-order valence-corrected chi connectivity index (χ4v) is 3.12. The van der Waals surface area contributed by atoms with E-state index in [1.165, 1.54) is 12.7 Å². The Kier molecular flexibility index (Phi) is 10.9. The molecule has 0 radical (unpaired) electrons. The third-order valence-electron chi connectivity index (χ3n) is 0.710. The monoisotopic (exact) mass is 310 g/mol. The molecule has 0 amide bonds. The molecule has 0 N–H and O–H groups in total. The van der Waals surface area contributed by atoms with Crippen LogP contribution in [0.4, 0.5) is 0 Å². The number of alkyl halides is 3. The Morgan fingerprint density at radius 1 is 1.00 bits per heavy atom. The van der Waals surface area contributed by atoms with Crippen molar-refractivity contribution in [3.63, 3.8) is 0 Å². The van der Waals surface area contributed by atoms with Crippen LogP contribution in [0.3, 0.4) is 0 Å². The quantitative estimate of drug-likeness (QED) is 0.449. The van der Waals surface area contributed by atoms with E-state index < -0.39 is 3.79 Å². The lowest BCUT2D eigenvalue weighted by Gasteiger charge is -2.16. The van der Waals surface area contributed by atoms with Gasteiger partial charge in [0.1, 0.15) is 0 Å². The van der Waals surface area contributed by atoms with Crippen LogP contribution >= 0.6 is 56.4 Å². The van der Waals surface area contributed by atoms with Gasteiger partial charge in [-0.15, -0.1) is 0 Å². The second kappa shape index (κ2) is 8.63. The largest absolute Gasteiger partial charge is 0.187 e. The van der Waals surface area contributed by atoms with Crippen molar-refractivity contribution < 1.29 is 0 Å². The Balaban J connectivity index is 0. The lowest BCUT2D eigenvalue weighted by molar-refractivity contribution is 0.752. The van der Waals surface area contributed by atoms with Gasteiger partial charge < -0.3 is 0 Å². The van der Waals surface area contributed by atoms with Crippen molar-refractivity contribution in [1.29, 1.82) is 0 Å². The van der Waals surface area contributed by atoms with Crippen LogP contribution in [-0.2, 0) is 0 Å². The third kappa shape index (κ3) is 39.0. The summed E-state index contributed by atoms with van der Waals surface area (Å²) in [5.74, 6) is 2.09. The highest BCUT2D eigenvalue weighted by Gasteiger charge is 2.10. The van der Waals surface area contributed by atoms with Crippen molar-refractivity contribution in [1.82, 2.24) is 0 Å². The van der Waals surface area contributed by atoms with E-state index >= 15 is 0 Å². The average molecular weight is 312 g/mol. The molecule has 0 atom stereocenters. The highest BCUT2D eigenvalue weighted by Crippen LogP contribution is 2.35. The summed E-state index contributed by atoms with van der Waals surface area (Å²) in [6.07, 6.45) is 0. The van der Waals surface area contributed by atoms with Gasteiger partial charge in [-0.1, -0.05) is 91.0 Å². The van der Waals surface area contributed by atoms with Crippen LogP contribution in [0, 0.1) is 5.92 Å². The predicted octanol–water partition coefficient (Wildman–Crippen LogP) is 6.20. The van der Waals surface area contributed by atoms with Gasteiger partial charge >= 0.3 is 0 Å². The highest BCUT2D eigenvalue weighted by atomic mass is 35.6. The summed E-state index contributed by atoms with van der Waals surface area (Å²) in [4.78, 5) is 0. The molecule has 94 valence electrons. The number of hydrogen-bond donors (Lipinski definition) is 0. The molecule has 0 aliphatic heterocycles. The van der Waals surface area contributed by atoms with Crippen LogP contribution in [0.1, 0.15) is 41.5 Å². The first-order valence-electron chi connectivity index (χ1n) is 4.79. The standard InChI is InChI=1S/C8H18S2.C2H3Cl3/c1-7(2)6-9-10-8(3,4)5;1-2(3,4)5/h7H,6H2,1-5H3;1H3. The van der Waals surface area contributed by atoms with Crippen molar-refractivity contribution in [3.05, 3.63) is 0 Å². The van der Waals surface area contributed by atoms with Crippen LogP contribution in [0.2, 0.25) is 0 Å². The first-order valence-corrected chi connectivity index (χ1v) is 8.24. The van der Waals surface area contributed by atoms with E-state index in [9.17, 15) is 0 Å². The minimum absolute atomic E-state index is 0.416. The van der Waals surface area contributed by atoms with Gasteiger partial charge in [-0.2, -0.15) is 0 Å². The highest BCUT2D eigenvalue weighted by molar-refractivity contribution is 8.77. The summed E-state index contributed by atoms with van der Waals surface area (Å²) >= 11 is 15.2. The molecule has 0 saturated heterocycles. The fraction of sp³-hybridized carbons (Fsp3) is 1.00. The van der Waals surface area contributed by atoms with Gasteiger partial charge in [0.05, 0.1) is 0 Å². The van der Waals surface area contributed by atoms with Crippen LogP contribution in [0.25, 0.3) is 0 Å². The number of rotatable bonds is 3. The second-order valence-electron chi connectivity index (χ2n) is 4.66. The smallest absolute Gasteiger partial charge is 0.0934 e. The molecule has 0 aromatic rings. The molecule has 0 aliphatic rings. The molecule has 0 fully saturated rings. The molecule has 0 heterocycles. The summed E-state index contributed by atoms with van der Waals surface area (Å²) < 4.78 is -0.667. The summed E-state index contributed by atoms with van der Waals surface area (Å²) in [6.45, 7) is 12.8. The molecule has 0 rings (SSSR count). The summed E-state index contributed by atoms with van der Waals surface area (Å²) in [5, 5.41) is 0. The van der Waals surface area contributed by atoms with Crippen LogP contribution < -0.4 is 0 Å². The topological polar surface area (TPSA) is 0 Å². The van der Waals surface area contributed by atoms with Gasteiger partial charge in [-0.05, 0) is 12.8 Å². The normalized spacial score (nSPS) is 12.4. The van der Waals surface area contributed by atoms with Crippen molar-refractivity contribution in [2.24, 2.45) is 5.92 Å². The summed E-state index contributed by atoms with van der Waals surface area (Å²) in [7, 11) is 3.96. The molecule has 0 bridgehead atoms. The van der Waals surface area contributed by atoms with Crippen LogP contribution in [0.15, 0.2) is 0 Å². The van der Waals surface area contributed by atoms with Gasteiger partial charge in [-0.3, -0.25) is 0 Å². The van der Waals surface area contributed by atoms with E-state index in [4.69, 9.17) is 34.8 Å². The third-order valence-corrected chi connectivity index (χ3v) is 4.39. The van der Waals surface area contributed by atoms with E-state index in [0.29, 0.717) is 4.75 Å². The summed E-state index contributed by atoms with van der Waals surface area (Å²) in [5.41, 5.74) is 0. The van der Waals surface area contributed by atoms with E-state index in [0.717, 1.165) is 5.92 Å². The molecule has 0 saturated carbocycles. The molecule has 0 aromatic heterocycles. The second-order valence-corrected chi connectivity index (χ2v) is 10.7. The van der Waals surface area contributed by atoms with Gasteiger partial charge in [-0.25, -0.2) is 0 Å². The molecular formula is C10H21Cl3S2. The lowest BCUT2D eigenvalue weighted by Crippen LogP contribution is -2.05. The predicted molar refractivity (Wildman–Crippen MR) is 80.6 cm³/mol. The molecule has 0 spiro atoms. The SMILES string of the molecule is CC(C)CSSC(C)(C)C.CC(Cl)(Cl)Cl.